The minimum absolute atomic E-state index is 0.0242. The molecule has 1 rings (SSSR count). The largest absolute Gasteiger partial charge is 0.465 e. The van der Waals surface area contributed by atoms with Gasteiger partial charge in [-0.2, -0.15) is 0 Å². The zero-order valence-electron chi connectivity index (χ0n) is 12.1. The van der Waals surface area contributed by atoms with Gasteiger partial charge in [-0.25, -0.2) is 4.79 Å². The van der Waals surface area contributed by atoms with Crippen LogP contribution in [0.3, 0.4) is 0 Å². The Labute approximate surface area is 133 Å². The summed E-state index contributed by atoms with van der Waals surface area (Å²) in [6, 6.07) is 5.15. The number of halogens is 1. The summed E-state index contributed by atoms with van der Waals surface area (Å²) in [5.41, 5.74) is 1.00. The van der Waals surface area contributed by atoms with Crippen molar-refractivity contribution in [1.82, 2.24) is 4.90 Å². The molecule has 0 aliphatic rings. The lowest BCUT2D eigenvalue weighted by molar-refractivity contribution is 0.0599. The lowest BCUT2D eigenvalue weighted by Gasteiger charge is -2.22. The van der Waals surface area contributed by atoms with Crippen LogP contribution in [0.1, 0.15) is 47.4 Å². The second-order valence-corrected chi connectivity index (χ2v) is 5.53. The van der Waals surface area contributed by atoms with Gasteiger partial charge < -0.3 is 9.64 Å². The van der Waals surface area contributed by atoms with E-state index < -0.39 is 5.97 Å². The fraction of sp³-hybridized carbons (Fsp3) is 0.467. The van der Waals surface area contributed by atoms with Gasteiger partial charge in [-0.05, 0) is 47.6 Å². The molecule has 0 saturated carbocycles. The van der Waals surface area contributed by atoms with Gasteiger partial charge in [0.2, 0.25) is 0 Å². The number of hydrogen-bond acceptors (Lipinski definition) is 3. The minimum Gasteiger partial charge on any atom is -0.465 e. The van der Waals surface area contributed by atoms with Gasteiger partial charge in [0.15, 0.2) is 0 Å². The number of nitrogens with zero attached hydrogens (tertiary/aromatic N) is 1. The zero-order chi connectivity index (χ0) is 15.1. The Balaban J connectivity index is 3.12. The van der Waals surface area contributed by atoms with Crippen molar-refractivity contribution >= 4 is 34.5 Å². The highest BCUT2D eigenvalue weighted by atomic mass is 127. The van der Waals surface area contributed by atoms with Crippen LogP contribution in [0.2, 0.25) is 0 Å². The third-order valence-electron chi connectivity index (χ3n) is 2.91. The molecule has 0 saturated heterocycles. The molecular weight excluding hydrogens is 369 g/mol. The molecule has 0 radical (unpaired) electrons. The molecule has 0 unspecified atom stereocenters. The molecule has 4 nitrogen and oxygen atoms in total. The number of esters is 1. The van der Waals surface area contributed by atoms with Crippen molar-refractivity contribution in [3.05, 3.63) is 32.9 Å². The summed E-state index contributed by atoms with van der Waals surface area (Å²) in [6.07, 6.45) is 1.83. The predicted molar refractivity (Wildman–Crippen MR) is 87.0 cm³/mol. The van der Waals surface area contributed by atoms with Gasteiger partial charge in [-0.15, -0.1) is 0 Å². The maximum Gasteiger partial charge on any atom is 0.338 e. The highest BCUT2D eigenvalue weighted by Crippen LogP contribution is 2.20. The third-order valence-corrected chi connectivity index (χ3v) is 4.07. The molecule has 0 aliphatic carbocycles. The zero-order valence-corrected chi connectivity index (χ0v) is 14.3. The van der Waals surface area contributed by atoms with Gasteiger partial charge in [0, 0.05) is 16.7 Å². The van der Waals surface area contributed by atoms with E-state index in [9.17, 15) is 9.59 Å². The molecule has 110 valence electrons. The molecule has 1 aromatic rings. The highest BCUT2D eigenvalue weighted by molar-refractivity contribution is 14.1. The number of hydrogen-bond donors (Lipinski definition) is 0. The van der Waals surface area contributed by atoms with Gasteiger partial charge in [-0.1, -0.05) is 19.9 Å². The van der Waals surface area contributed by atoms with Crippen LogP contribution in [0.25, 0.3) is 0 Å². The lowest BCUT2D eigenvalue weighted by atomic mass is 10.1. The quantitative estimate of drug-likeness (QED) is 0.554. The Bertz CT molecular complexity index is 482. The second-order valence-electron chi connectivity index (χ2n) is 4.45. The number of methoxy groups -OCH3 is 1. The Morgan fingerprint density at radius 2 is 1.70 bits per heavy atom. The Kier molecular flexibility index (Phi) is 6.98. The van der Waals surface area contributed by atoms with Crippen LogP contribution in [-0.4, -0.2) is 37.0 Å². The molecule has 1 aromatic carbocycles. The van der Waals surface area contributed by atoms with Crippen molar-refractivity contribution in [3.63, 3.8) is 0 Å². The van der Waals surface area contributed by atoms with E-state index in [0.29, 0.717) is 14.7 Å². The number of benzene rings is 1. The lowest BCUT2D eigenvalue weighted by Crippen LogP contribution is -2.33. The summed E-state index contributed by atoms with van der Waals surface area (Å²) in [5, 5.41) is 0. The van der Waals surface area contributed by atoms with Gasteiger partial charge in [-0.3, -0.25) is 4.79 Å². The van der Waals surface area contributed by atoms with Crippen molar-refractivity contribution in [2.24, 2.45) is 0 Å². The van der Waals surface area contributed by atoms with Gasteiger partial charge >= 0.3 is 5.97 Å². The normalized spacial score (nSPS) is 10.2. The van der Waals surface area contributed by atoms with E-state index in [1.807, 2.05) is 41.3 Å². The van der Waals surface area contributed by atoms with E-state index >= 15 is 0 Å². The maximum atomic E-state index is 12.6. The maximum absolute atomic E-state index is 12.6. The predicted octanol–water partition coefficient (Wildman–Crippen LogP) is 3.34. The SMILES string of the molecule is CCCN(CCC)C(=O)c1cccc(C(=O)OC)c1I. The molecule has 0 bridgehead atoms. The first-order chi connectivity index (χ1) is 9.56. The van der Waals surface area contributed by atoms with Crippen molar-refractivity contribution in [2.45, 2.75) is 26.7 Å². The van der Waals surface area contributed by atoms with Crippen LogP contribution in [-0.2, 0) is 4.74 Å². The Morgan fingerprint density at radius 3 is 2.20 bits per heavy atom. The van der Waals surface area contributed by atoms with Crippen LogP contribution in [0, 0.1) is 3.57 Å². The molecule has 0 aliphatic heterocycles. The molecule has 0 aromatic heterocycles. The van der Waals surface area contributed by atoms with Crippen molar-refractivity contribution < 1.29 is 14.3 Å². The summed E-state index contributed by atoms with van der Waals surface area (Å²) in [5.74, 6) is -0.439. The Hall–Kier alpha value is -1.11. The van der Waals surface area contributed by atoms with Crippen LogP contribution < -0.4 is 0 Å². The fourth-order valence-corrected chi connectivity index (χ4v) is 2.80. The topological polar surface area (TPSA) is 46.6 Å². The van der Waals surface area contributed by atoms with Crippen LogP contribution in [0.5, 0.6) is 0 Å². The average Bonchev–Trinajstić information content (AvgIpc) is 2.46. The molecule has 0 fully saturated rings. The van der Waals surface area contributed by atoms with E-state index in [-0.39, 0.29) is 5.91 Å². The molecule has 20 heavy (non-hydrogen) atoms. The third kappa shape index (κ3) is 3.94. The molecule has 0 spiro atoms. The summed E-state index contributed by atoms with van der Waals surface area (Å²) < 4.78 is 5.39. The van der Waals surface area contributed by atoms with Crippen molar-refractivity contribution in [1.29, 1.82) is 0 Å². The van der Waals surface area contributed by atoms with Gasteiger partial charge in [0.1, 0.15) is 0 Å². The van der Waals surface area contributed by atoms with Gasteiger partial charge in [0.25, 0.3) is 5.91 Å². The number of amides is 1. The number of rotatable bonds is 6. The van der Waals surface area contributed by atoms with E-state index in [1.165, 1.54) is 7.11 Å². The van der Waals surface area contributed by atoms with Gasteiger partial charge in [0.05, 0.1) is 18.2 Å². The van der Waals surface area contributed by atoms with Crippen LogP contribution >= 0.6 is 22.6 Å². The molecule has 0 atom stereocenters. The molecule has 5 heteroatoms. The molecule has 0 heterocycles. The average molecular weight is 389 g/mol. The molecular formula is C15H20INO3. The Morgan fingerprint density at radius 1 is 1.15 bits per heavy atom. The molecule has 0 N–H and O–H groups in total. The first kappa shape index (κ1) is 16.9. The number of carbonyl (C=O) groups excluding carboxylic acids is 2. The second kappa shape index (κ2) is 8.24. The summed E-state index contributed by atoms with van der Waals surface area (Å²) in [7, 11) is 1.34. The van der Waals surface area contributed by atoms with Crippen molar-refractivity contribution in [3.8, 4) is 0 Å². The fourth-order valence-electron chi connectivity index (χ4n) is 1.99. The van der Waals surface area contributed by atoms with Crippen molar-refractivity contribution in [2.75, 3.05) is 20.2 Å². The van der Waals surface area contributed by atoms with E-state index in [1.54, 1.807) is 18.2 Å². The summed E-state index contributed by atoms with van der Waals surface area (Å²) >= 11 is 2.04. The summed E-state index contributed by atoms with van der Waals surface area (Å²) in [6.45, 7) is 5.55. The molecule has 1 amide bonds. The standard InChI is InChI=1S/C15H20INO3/c1-4-9-17(10-5-2)14(18)11-7-6-8-12(13(11)16)15(19)20-3/h6-8H,4-5,9-10H2,1-3H3. The van der Waals surface area contributed by atoms with E-state index in [2.05, 4.69) is 0 Å². The first-order valence-corrected chi connectivity index (χ1v) is 7.80. The van der Waals surface area contributed by atoms with Crippen LogP contribution in [0.4, 0.5) is 0 Å². The monoisotopic (exact) mass is 389 g/mol. The number of ether oxygens (including phenoxy) is 1. The first-order valence-electron chi connectivity index (χ1n) is 6.72. The minimum atomic E-state index is -0.415. The van der Waals surface area contributed by atoms with Crippen LogP contribution in [0.15, 0.2) is 18.2 Å². The highest BCUT2D eigenvalue weighted by Gasteiger charge is 2.21. The summed E-state index contributed by atoms with van der Waals surface area (Å²) in [4.78, 5) is 26.1. The van der Waals surface area contributed by atoms with E-state index in [0.717, 1.165) is 25.9 Å². The van der Waals surface area contributed by atoms with E-state index in [4.69, 9.17) is 4.74 Å². The smallest absolute Gasteiger partial charge is 0.338 e. The number of carbonyl (C=O) groups is 2.